The Morgan fingerprint density at radius 3 is 2.39 bits per heavy atom. The Balaban J connectivity index is 1.39. The van der Waals surface area contributed by atoms with Crippen LogP contribution in [-0.2, 0) is 29.0 Å². The molecule has 2 atom stereocenters. The number of aromatic amines is 1. The first-order valence-corrected chi connectivity index (χ1v) is 16.6. The van der Waals surface area contributed by atoms with Crippen LogP contribution in [0.15, 0.2) is 47.3 Å². The van der Waals surface area contributed by atoms with E-state index in [9.17, 15) is 14.4 Å². The van der Waals surface area contributed by atoms with E-state index in [4.69, 9.17) is 18.9 Å². The molecule has 0 spiro atoms. The van der Waals surface area contributed by atoms with Gasteiger partial charge in [0, 0.05) is 54.2 Å². The summed E-state index contributed by atoms with van der Waals surface area (Å²) in [6, 6.07) is 11.9. The van der Waals surface area contributed by atoms with E-state index in [2.05, 4.69) is 15.6 Å². The molecule has 6 rings (SSSR count). The van der Waals surface area contributed by atoms with Gasteiger partial charge in [0.15, 0.2) is 11.5 Å². The fourth-order valence-corrected chi connectivity index (χ4v) is 7.21. The molecular formula is C38H44N4O7. The number of H-pyrrole nitrogens is 1. The number of anilines is 1. The van der Waals surface area contributed by atoms with Crippen molar-refractivity contribution >= 4 is 28.4 Å². The van der Waals surface area contributed by atoms with Gasteiger partial charge in [-0.05, 0) is 71.8 Å². The predicted octanol–water partition coefficient (Wildman–Crippen LogP) is 5.37. The molecule has 2 aliphatic rings. The van der Waals surface area contributed by atoms with Gasteiger partial charge in [-0.25, -0.2) is 0 Å². The van der Waals surface area contributed by atoms with Crippen LogP contribution in [0.5, 0.6) is 23.0 Å². The van der Waals surface area contributed by atoms with Gasteiger partial charge in [-0.15, -0.1) is 0 Å². The molecular weight excluding hydrogens is 624 g/mol. The molecule has 0 saturated carbocycles. The summed E-state index contributed by atoms with van der Waals surface area (Å²) in [5.74, 6) is 1.80. The number of carbonyl (C=O) groups is 2. The van der Waals surface area contributed by atoms with Crippen molar-refractivity contribution in [2.45, 2.75) is 58.7 Å². The Kier molecular flexibility index (Phi) is 9.45. The largest absolute Gasteiger partial charge is 0.497 e. The van der Waals surface area contributed by atoms with Crippen LogP contribution < -0.4 is 35.0 Å². The van der Waals surface area contributed by atoms with Gasteiger partial charge in [-0.3, -0.25) is 14.4 Å². The Hall–Kier alpha value is -5.19. The molecule has 3 N–H and O–H groups in total. The molecule has 1 aliphatic heterocycles. The Morgan fingerprint density at radius 1 is 0.939 bits per heavy atom. The SMILES string of the molecule is COc1ccc2[nH]c3c(c2c1)CN(C(=O)[C@@H](Nc1ccc2c(cc1=O)[C@@H](NC(C)=O)CCc1cc(OC)c(OC)c(OC)c1-2)C(C)C)CC3. The number of ether oxygens (including phenoxy) is 4. The minimum absolute atomic E-state index is 0.0784. The molecule has 2 amide bonds. The third kappa shape index (κ3) is 6.25. The van der Waals surface area contributed by atoms with Crippen LogP contribution in [0.4, 0.5) is 5.69 Å². The molecule has 0 bridgehead atoms. The molecule has 3 aromatic carbocycles. The molecule has 2 heterocycles. The predicted molar refractivity (Wildman–Crippen MR) is 189 cm³/mol. The van der Waals surface area contributed by atoms with Gasteiger partial charge in [0.1, 0.15) is 11.8 Å². The van der Waals surface area contributed by atoms with Gasteiger partial charge in [0.05, 0.1) is 40.2 Å². The fraction of sp³-hybridized carbons (Fsp3) is 0.395. The van der Waals surface area contributed by atoms with E-state index in [0.717, 1.165) is 44.6 Å². The van der Waals surface area contributed by atoms with Crippen molar-refractivity contribution in [1.82, 2.24) is 15.2 Å². The van der Waals surface area contributed by atoms with Gasteiger partial charge in [-0.1, -0.05) is 19.9 Å². The summed E-state index contributed by atoms with van der Waals surface area (Å²) in [4.78, 5) is 46.0. The molecule has 11 heteroatoms. The highest BCUT2D eigenvalue weighted by atomic mass is 16.5. The molecule has 258 valence electrons. The van der Waals surface area contributed by atoms with E-state index in [0.29, 0.717) is 55.2 Å². The van der Waals surface area contributed by atoms with E-state index in [1.807, 2.05) is 49.1 Å². The first-order chi connectivity index (χ1) is 23.6. The number of benzene rings is 2. The number of nitrogens with one attached hydrogen (secondary N) is 3. The number of amides is 2. The number of hydrogen-bond donors (Lipinski definition) is 3. The molecule has 1 aromatic heterocycles. The highest BCUT2D eigenvalue weighted by Crippen LogP contribution is 2.50. The van der Waals surface area contributed by atoms with Crippen molar-refractivity contribution in [3.05, 3.63) is 75.1 Å². The van der Waals surface area contributed by atoms with Crippen LogP contribution >= 0.6 is 0 Å². The summed E-state index contributed by atoms with van der Waals surface area (Å²) < 4.78 is 22.7. The van der Waals surface area contributed by atoms with Gasteiger partial charge >= 0.3 is 0 Å². The van der Waals surface area contributed by atoms with Gasteiger partial charge in [-0.2, -0.15) is 0 Å². The first kappa shape index (κ1) is 33.7. The minimum atomic E-state index is -0.659. The van der Waals surface area contributed by atoms with E-state index in [1.54, 1.807) is 40.6 Å². The lowest BCUT2D eigenvalue weighted by molar-refractivity contribution is -0.133. The van der Waals surface area contributed by atoms with Crippen molar-refractivity contribution in [2.24, 2.45) is 5.92 Å². The van der Waals surface area contributed by atoms with Gasteiger partial charge in [0.2, 0.25) is 23.0 Å². The maximum Gasteiger partial charge on any atom is 0.245 e. The van der Waals surface area contributed by atoms with Crippen LogP contribution in [0.2, 0.25) is 0 Å². The molecule has 11 nitrogen and oxygen atoms in total. The zero-order valence-corrected chi connectivity index (χ0v) is 29.1. The van der Waals surface area contributed by atoms with Crippen molar-refractivity contribution in [1.29, 1.82) is 0 Å². The number of fused-ring (bicyclic) bond motifs is 6. The zero-order valence-electron chi connectivity index (χ0n) is 29.1. The highest BCUT2D eigenvalue weighted by Gasteiger charge is 2.33. The molecule has 0 unspecified atom stereocenters. The summed E-state index contributed by atoms with van der Waals surface area (Å²) in [7, 11) is 6.33. The Morgan fingerprint density at radius 2 is 1.71 bits per heavy atom. The molecule has 0 radical (unpaired) electrons. The lowest BCUT2D eigenvalue weighted by Crippen LogP contribution is -2.47. The van der Waals surface area contributed by atoms with E-state index in [1.165, 1.54) is 6.92 Å². The standard InChI is InChI=1S/C38H44N4O7/c1-20(2)35(38(45)42-15-14-30-27(19-42)25-17-23(46-4)9-12-29(25)40-30)41-31-13-10-24-26(18-32(31)44)28(39-21(3)43)11-8-22-16-33(47-5)36(48-6)37(49-7)34(22)24/h9-10,12-13,16-18,20,28,35,40H,8,11,14-15,19H2,1-7H3,(H,39,43)(H,41,44)/t28-,35-/m0/s1. The van der Waals surface area contributed by atoms with Crippen LogP contribution in [0.1, 0.15) is 55.6 Å². The number of rotatable bonds is 9. The molecule has 0 saturated heterocycles. The third-order valence-electron chi connectivity index (χ3n) is 9.65. The highest BCUT2D eigenvalue weighted by molar-refractivity contribution is 5.89. The second kappa shape index (κ2) is 13.7. The molecule has 49 heavy (non-hydrogen) atoms. The van der Waals surface area contributed by atoms with E-state index in [-0.39, 0.29) is 28.8 Å². The molecule has 4 aromatic rings. The average Bonchev–Trinajstić information content (AvgIpc) is 3.29. The lowest BCUT2D eigenvalue weighted by atomic mass is 9.95. The normalized spacial score (nSPS) is 15.8. The van der Waals surface area contributed by atoms with Crippen LogP contribution in [0.25, 0.3) is 22.0 Å². The number of methoxy groups -OCH3 is 4. The van der Waals surface area contributed by atoms with Crippen molar-refractivity contribution in [3.63, 3.8) is 0 Å². The maximum atomic E-state index is 14.2. The number of aromatic nitrogens is 1. The van der Waals surface area contributed by atoms with E-state index < -0.39 is 12.1 Å². The fourth-order valence-electron chi connectivity index (χ4n) is 7.21. The second-order valence-corrected chi connectivity index (χ2v) is 13.0. The summed E-state index contributed by atoms with van der Waals surface area (Å²) in [6.07, 6.45) is 1.84. The number of nitrogens with zero attached hydrogens (tertiary/aromatic N) is 1. The number of hydrogen-bond acceptors (Lipinski definition) is 8. The topological polar surface area (TPSA) is 131 Å². The lowest BCUT2D eigenvalue weighted by Gasteiger charge is -2.32. The maximum absolute atomic E-state index is 14.2. The number of carbonyl (C=O) groups excluding carboxylic acids is 2. The van der Waals surface area contributed by atoms with Crippen molar-refractivity contribution in [2.75, 3.05) is 40.3 Å². The zero-order chi connectivity index (χ0) is 35.0. The average molecular weight is 669 g/mol. The monoisotopic (exact) mass is 668 g/mol. The smallest absolute Gasteiger partial charge is 0.245 e. The quantitative estimate of drug-likeness (QED) is 0.217. The second-order valence-electron chi connectivity index (χ2n) is 13.0. The number of aryl methyl sites for hydroxylation is 1. The molecule has 1 aliphatic carbocycles. The minimum Gasteiger partial charge on any atom is -0.497 e. The van der Waals surface area contributed by atoms with Crippen LogP contribution in [-0.4, -0.2) is 62.7 Å². The summed E-state index contributed by atoms with van der Waals surface area (Å²) >= 11 is 0. The van der Waals surface area contributed by atoms with Crippen molar-refractivity contribution in [3.8, 4) is 34.1 Å². The van der Waals surface area contributed by atoms with Gasteiger partial charge in [0.25, 0.3) is 0 Å². The van der Waals surface area contributed by atoms with Crippen LogP contribution in [0, 0.1) is 5.92 Å². The molecule has 0 fully saturated rings. The third-order valence-corrected chi connectivity index (χ3v) is 9.65. The summed E-state index contributed by atoms with van der Waals surface area (Å²) in [5, 5.41) is 7.41. The van der Waals surface area contributed by atoms with Gasteiger partial charge < -0.3 is 39.5 Å². The first-order valence-electron chi connectivity index (χ1n) is 16.6. The van der Waals surface area contributed by atoms with E-state index >= 15 is 0 Å². The summed E-state index contributed by atoms with van der Waals surface area (Å²) in [5.41, 5.74) is 6.30. The van der Waals surface area contributed by atoms with Crippen molar-refractivity contribution < 1.29 is 28.5 Å². The Labute approximate surface area is 285 Å². The van der Waals surface area contributed by atoms with Crippen LogP contribution in [0.3, 0.4) is 0 Å². The summed E-state index contributed by atoms with van der Waals surface area (Å²) in [6.45, 7) is 6.42. The Bertz CT molecular complexity index is 1990.